The summed E-state index contributed by atoms with van der Waals surface area (Å²) in [6.07, 6.45) is 1.98. The summed E-state index contributed by atoms with van der Waals surface area (Å²) < 4.78 is 7.39. The van der Waals surface area contributed by atoms with Gasteiger partial charge in [-0.05, 0) is 44.0 Å². The molecule has 140 valence electrons. The summed E-state index contributed by atoms with van der Waals surface area (Å²) in [4.78, 5) is 32.0. The molecule has 3 aromatic rings. The minimum absolute atomic E-state index is 0.0284. The van der Waals surface area contributed by atoms with E-state index in [9.17, 15) is 9.59 Å². The summed E-state index contributed by atoms with van der Waals surface area (Å²) in [5.41, 5.74) is 0.589. The average molecular weight is 401 g/mol. The van der Waals surface area contributed by atoms with Gasteiger partial charge in [0.25, 0.3) is 5.56 Å². The van der Waals surface area contributed by atoms with Crippen LogP contribution in [0.1, 0.15) is 27.4 Å². The lowest BCUT2D eigenvalue weighted by Gasteiger charge is -2.16. The summed E-state index contributed by atoms with van der Waals surface area (Å²) in [6, 6.07) is 11.2. The van der Waals surface area contributed by atoms with Gasteiger partial charge in [0.2, 0.25) is 0 Å². The fourth-order valence-corrected chi connectivity index (χ4v) is 4.98. The number of benzene rings is 1. The number of carbonyl (C=O) groups is 1. The van der Waals surface area contributed by atoms with Gasteiger partial charge >= 0.3 is 0 Å². The number of hydrogen-bond acceptors (Lipinski definition) is 6. The lowest BCUT2D eigenvalue weighted by atomic mass is 10.2. The van der Waals surface area contributed by atoms with Crippen LogP contribution in [0, 0.1) is 6.92 Å². The monoisotopic (exact) mass is 400 g/mol. The van der Waals surface area contributed by atoms with E-state index < -0.39 is 0 Å². The third kappa shape index (κ3) is 4.00. The number of ketones is 1. The maximum Gasteiger partial charge on any atom is 0.262 e. The zero-order valence-electron chi connectivity index (χ0n) is 15.0. The fourth-order valence-electron chi connectivity index (χ4n) is 3.20. The molecule has 1 saturated heterocycles. The van der Waals surface area contributed by atoms with Crippen molar-refractivity contribution < 1.29 is 9.53 Å². The van der Waals surface area contributed by atoms with E-state index in [2.05, 4.69) is 4.98 Å². The number of hydrogen-bond donors (Lipinski definition) is 0. The lowest BCUT2D eigenvalue weighted by molar-refractivity contribution is 0.0937. The van der Waals surface area contributed by atoms with Crippen LogP contribution in [0.25, 0.3) is 10.9 Å². The van der Waals surface area contributed by atoms with Crippen LogP contribution in [0.4, 0.5) is 0 Å². The second kappa shape index (κ2) is 7.96. The molecule has 3 heterocycles. The topological polar surface area (TPSA) is 61.2 Å². The first-order chi connectivity index (χ1) is 13.1. The number of carbonyl (C=O) groups excluding carboxylic acids is 1. The van der Waals surface area contributed by atoms with E-state index >= 15 is 0 Å². The smallest absolute Gasteiger partial charge is 0.262 e. The molecule has 0 unspecified atom stereocenters. The van der Waals surface area contributed by atoms with Gasteiger partial charge in [-0.25, -0.2) is 4.98 Å². The van der Waals surface area contributed by atoms with Gasteiger partial charge in [-0.1, -0.05) is 23.9 Å². The Morgan fingerprint density at radius 2 is 2.19 bits per heavy atom. The van der Waals surface area contributed by atoms with Crippen LogP contribution >= 0.6 is 23.1 Å². The van der Waals surface area contributed by atoms with E-state index in [-0.39, 0.29) is 23.2 Å². The van der Waals surface area contributed by atoms with E-state index in [4.69, 9.17) is 4.74 Å². The molecular weight excluding hydrogens is 380 g/mol. The summed E-state index contributed by atoms with van der Waals surface area (Å²) in [7, 11) is 0. The standard InChI is InChI=1S/C20H20N2O3S2/c1-13-8-9-18(27-13)17(23)12-26-20-21-16-7-3-2-6-15(16)19(24)22(20)11-14-5-4-10-25-14/h2-3,6-9,14H,4-5,10-12H2,1H3/t14-/m0/s1. The highest BCUT2D eigenvalue weighted by Gasteiger charge is 2.21. The number of rotatable bonds is 6. The van der Waals surface area contributed by atoms with Gasteiger partial charge in [-0.15, -0.1) is 11.3 Å². The number of aromatic nitrogens is 2. The summed E-state index contributed by atoms with van der Waals surface area (Å²) in [6.45, 7) is 3.20. The molecular formula is C20H20N2O3S2. The highest BCUT2D eigenvalue weighted by Crippen LogP contribution is 2.23. The van der Waals surface area contributed by atoms with Crippen LogP contribution in [0.2, 0.25) is 0 Å². The molecule has 4 rings (SSSR count). The zero-order chi connectivity index (χ0) is 18.8. The number of nitrogens with zero attached hydrogens (tertiary/aromatic N) is 2. The van der Waals surface area contributed by atoms with Crippen molar-refractivity contribution in [3.63, 3.8) is 0 Å². The molecule has 27 heavy (non-hydrogen) atoms. The van der Waals surface area contributed by atoms with Gasteiger partial charge in [-0.3, -0.25) is 14.2 Å². The molecule has 1 aromatic carbocycles. The molecule has 1 fully saturated rings. The van der Waals surface area contributed by atoms with Crippen molar-refractivity contribution in [3.8, 4) is 0 Å². The molecule has 0 radical (unpaired) electrons. The van der Waals surface area contributed by atoms with Crippen molar-refractivity contribution >= 4 is 39.8 Å². The molecule has 5 nitrogen and oxygen atoms in total. The van der Waals surface area contributed by atoms with E-state index in [1.54, 1.807) is 10.6 Å². The molecule has 0 spiro atoms. The SMILES string of the molecule is Cc1ccc(C(=O)CSc2nc3ccccc3c(=O)n2C[C@@H]2CCCO2)s1. The fraction of sp³-hybridized carbons (Fsp3) is 0.350. The van der Waals surface area contributed by atoms with Crippen molar-refractivity contribution in [1.82, 2.24) is 9.55 Å². The molecule has 0 bridgehead atoms. The number of Topliss-reactive ketones (excluding diaryl/α,β-unsaturated/α-hetero) is 1. The predicted octanol–water partition coefficient (Wildman–Crippen LogP) is 3.92. The average Bonchev–Trinajstić information content (AvgIpc) is 3.34. The van der Waals surface area contributed by atoms with E-state index in [0.29, 0.717) is 22.6 Å². The van der Waals surface area contributed by atoms with Crippen LogP contribution in [0.3, 0.4) is 0 Å². The number of aryl methyl sites for hydroxylation is 1. The van der Waals surface area contributed by atoms with Crippen LogP contribution in [-0.2, 0) is 11.3 Å². The molecule has 0 aliphatic carbocycles. The number of thiophene rings is 1. The first-order valence-electron chi connectivity index (χ1n) is 8.95. The minimum Gasteiger partial charge on any atom is -0.376 e. The summed E-state index contributed by atoms with van der Waals surface area (Å²) in [5.74, 6) is 0.320. The molecule has 0 N–H and O–H groups in total. The molecule has 1 aliphatic rings. The maximum atomic E-state index is 13.0. The number of fused-ring (bicyclic) bond motifs is 1. The zero-order valence-corrected chi connectivity index (χ0v) is 16.6. The van der Waals surface area contributed by atoms with E-state index in [0.717, 1.165) is 29.2 Å². The van der Waals surface area contributed by atoms with Crippen molar-refractivity contribution in [3.05, 3.63) is 56.5 Å². The first-order valence-corrected chi connectivity index (χ1v) is 10.8. The summed E-state index contributed by atoms with van der Waals surface area (Å²) >= 11 is 2.82. The van der Waals surface area contributed by atoms with Gasteiger partial charge < -0.3 is 4.74 Å². The van der Waals surface area contributed by atoms with Crippen LogP contribution in [-0.4, -0.2) is 33.8 Å². The molecule has 1 atom stereocenters. The molecule has 0 amide bonds. The van der Waals surface area contributed by atoms with Crippen molar-refractivity contribution in [1.29, 1.82) is 0 Å². The van der Waals surface area contributed by atoms with E-state index in [1.807, 2.05) is 37.3 Å². The van der Waals surface area contributed by atoms with Gasteiger partial charge in [-0.2, -0.15) is 0 Å². The van der Waals surface area contributed by atoms with Gasteiger partial charge in [0.05, 0.1) is 34.2 Å². The molecule has 2 aromatic heterocycles. The second-order valence-electron chi connectivity index (χ2n) is 6.58. The molecule has 0 saturated carbocycles. The van der Waals surface area contributed by atoms with Crippen LogP contribution in [0.5, 0.6) is 0 Å². The summed E-state index contributed by atoms with van der Waals surface area (Å²) in [5, 5.41) is 1.18. The third-order valence-electron chi connectivity index (χ3n) is 4.58. The van der Waals surface area contributed by atoms with Crippen LogP contribution < -0.4 is 5.56 Å². The maximum absolute atomic E-state index is 13.0. The van der Waals surface area contributed by atoms with Crippen molar-refractivity contribution in [2.24, 2.45) is 0 Å². The minimum atomic E-state index is -0.0713. The number of para-hydroxylation sites is 1. The normalized spacial score (nSPS) is 16.9. The Balaban J connectivity index is 1.64. The Labute approximate surface area is 165 Å². The Kier molecular flexibility index (Phi) is 5.43. The van der Waals surface area contributed by atoms with Crippen LogP contribution in [0.15, 0.2) is 46.3 Å². The number of ether oxygens (including phenoxy) is 1. The van der Waals surface area contributed by atoms with Gasteiger partial charge in [0.1, 0.15) is 0 Å². The predicted molar refractivity (Wildman–Crippen MR) is 109 cm³/mol. The largest absolute Gasteiger partial charge is 0.376 e. The Morgan fingerprint density at radius 3 is 2.93 bits per heavy atom. The Morgan fingerprint density at radius 1 is 1.33 bits per heavy atom. The molecule has 1 aliphatic heterocycles. The second-order valence-corrected chi connectivity index (χ2v) is 8.81. The third-order valence-corrected chi connectivity index (χ3v) is 6.60. The Hall–Kier alpha value is -1.96. The molecule has 7 heteroatoms. The quantitative estimate of drug-likeness (QED) is 0.357. The van der Waals surface area contributed by atoms with Gasteiger partial charge in [0.15, 0.2) is 10.9 Å². The Bertz CT molecular complexity index is 1040. The highest BCUT2D eigenvalue weighted by atomic mass is 32.2. The first kappa shape index (κ1) is 18.4. The number of thioether (sulfide) groups is 1. The van der Waals surface area contributed by atoms with Gasteiger partial charge in [0, 0.05) is 11.5 Å². The lowest BCUT2D eigenvalue weighted by Crippen LogP contribution is -2.29. The van der Waals surface area contributed by atoms with Crippen molar-refractivity contribution in [2.45, 2.75) is 37.6 Å². The van der Waals surface area contributed by atoms with Crippen molar-refractivity contribution in [2.75, 3.05) is 12.4 Å². The van der Waals surface area contributed by atoms with E-state index in [1.165, 1.54) is 23.1 Å². The highest BCUT2D eigenvalue weighted by molar-refractivity contribution is 7.99.